The number of aldehydes is 1. The molecule has 0 saturated carbocycles. The molecule has 94 valence electrons. The molecule has 1 atom stereocenters. The molecular formula is C15H28O. The highest BCUT2D eigenvalue weighted by molar-refractivity contribution is 5.48. The lowest BCUT2D eigenvalue weighted by molar-refractivity contribution is -0.108. The van der Waals surface area contributed by atoms with Crippen LogP contribution >= 0.6 is 0 Å². The second-order valence-electron chi connectivity index (χ2n) is 5.81. The van der Waals surface area contributed by atoms with Crippen molar-refractivity contribution in [2.24, 2.45) is 11.3 Å². The highest BCUT2D eigenvalue weighted by atomic mass is 16.1. The number of hydrogen-bond acceptors (Lipinski definition) is 1. The minimum Gasteiger partial charge on any atom is -0.303 e. The van der Waals surface area contributed by atoms with Gasteiger partial charge in [-0.2, -0.15) is 0 Å². The van der Waals surface area contributed by atoms with Crippen molar-refractivity contribution in [2.45, 2.75) is 66.7 Å². The molecule has 0 saturated heterocycles. The van der Waals surface area contributed by atoms with E-state index in [1.807, 2.05) is 0 Å². The van der Waals surface area contributed by atoms with Crippen LogP contribution < -0.4 is 0 Å². The van der Waals surface area contributed by atoms with E-state index >= 15 is 0 Å². The summed E-state index contributed by atoms with van der Waals surface area (Å²) in [6.07, 6.45) is 8.68. The van der Waals surface area contributed by atoms with Gasteiger partial charge < -0.3 is 4.79 Å². The maximum atomic E-state index is 10.3. The first-order chi connectivity index (χ1) is 7.40. The minimum absolute atomic E-state index is 0.360. The Morgan fingerprint density at radius 1 is 1.25 bits per heavy atom. The molecular weight excluding hydrogens is 196 g/mol. The molecule has 0 aromatic carbocycles. The lowest BCUT2D eigenvalue weighted by Gasteiger charge is -2.31. The number of carbonyl (C=O) groups is 1. The summed E-state index contributed by atoms with van der Waals surface area (Å²) in [4.78, 5) is 10.3. The van der Waals surface area contributed by atoms with E-state index in [4.69, 9.17) is 0 Å². The number of unbranched alkanes of at least 4 members (excludes halogenated alkanes) is 1. The predicted octanol–water partition coefficient (Wildman–Crippen LogP) is 4.76. The van der Waals surface area contributed by atoms with E-state index in [0.29, 0.717) is 11.8 Å². The zero-order chi connectivity index (χ0) is 12.6. The maximum absolute atomic E-state index is 10.3. The molecule has 0 rings (SSSR count). The third kappa shape index (κ3) is 6.81. The van der Waals surface area contributed by atoms with Crippen LogP contribution in [0.3, 0.4) is 0 Å². The largest absolute Gasteiger partial charge is 0.303 e. The second kappa shape index (κ2) is 7.65. The third-order valence-electron chi connectivity index (χ3n) is 3.63. The van der Waals surface area contributed by atoms with Crippen LogP contribution in [-0.2, 0) is 4.79 Å². The molecule has 0 aromatic rings. The van der Waals surface area contributed by atoms with E-state index in [1.165, 1.54) is 18.4 Å². The predicted molar refractivity (Wildman–Crippen MR) is 71.5 cm³/mol. The van der Waals surface area contributed by atoms with Crippen LogP contribution in [0.4, 0.5) is 0 Å². The first-order valence-electron chi connectivity index (χ1n) is 6.47. The number of hydrogen-bond donors (Lipinski definition) is 0. The van der Waals surface area contributed by atoms with Gasteiger partial charge in [-0.25, -0.2) is 0 Å². The van der Waals surface area contributed by atoms with Crippen molar-refractivity contribution >= 4 is 6.29 Å². The molecule has 0 amide bonds. The lowest BCUT2D eigenvalue weighted by atomic mass is 9.74. The summed E-state index contributed by atoms with van der Waals surface area (Å²) in [5.74, 6) is 0.717. The van der Waals surface area contributed by atoms with Gasteiger partial charge in [-0.1, -0.05) is 32.4 Å². The Labute approximate surface area is 101 Å². The van der Waals surface area contributed by atoms with E-state index in [2.05, 4.69) is 40.7 Å². The molecule has 0 bridgehead atoms. The van der Waals surface area contributed by atoms with E-state index in [0.717, 1.165) is 25.0 Å². The van der Waals surface area contributed by atoms with Crippen molar-refractivity contribution in [3.63, 3.8) is 0 Å². The van der Waals surface area contributed by atoms with Crippen LogP contribution in [0.25, 0.3) is 0 Å². The van der Waals surface area contributed by atoms with Crippen molar-refractivity contribution in [1.82, 2.24) is 0 Å². The van der Waals surface area contributed by atoms with Gasteiger partial charge in [0.15, 0.2) is 0 Å². The fraction of sp³-hybridized carbons (Fsp3) is 0.800. The van der Waals surface area contributed by atoms with Gasteiger partial charge in [-0.3, -0.25) is 0 Å². The Hall–Kier alpha value is -0.590. The standard InChI is InChI=1S/C15H28O/c1-13(2)9-8-10-14(3)15(4,5)11-6-7-12-16/h9,12,14H,6-8,10-11H2,1-5H3. The summed E-state index contributed by atoms with van der Waals surface area (Å²) in [5, 5.41) is 0. The highest BCUT2D eigenvalue weighted by Crippen LogP contribution is 2.35. The molecule has 0 aliphatic rings. The van der Waals surface area contributed by atoms with Gasteiger partial charge in [0.2, 0.25) is 0 Å². The van der Waals surface area contributed by atoms with Crippen molar-refractivity contribution in [3.05, 3.63) is 11.6 Å². The Morgan fingerprint density at radius 2 is 1.88 bits per heavy atom. The normalized spacial score (nSPS) is 13.3. The van der Waals surface area contributed by atoms with Gasteiger partial charge >= 0.3 is 0 Å². The third-order valence-corrected chi connectivity index (χ3v) is 3.63. The van der Waals surface area contributed by atoms with Crippen molar-refractivity contribution < 1.29 is 4.79 Å². The van der Waals surface area contributed by atoms with Gasteiger partial charge in [0, 0.05) is 6.42 Å². The molecule has 0 spiro atoms. The molecule has 1 heteroatoms. The minimum atomic E-state index is 0.360. The summed E-state index contributed by atoms with van der Waals surface area (Å²) >= 11 is 0. The Kier molecular flexibility index (Phi) is 7.36. The van der Waals surface area contributed by atoms with Gasteiger partial charge in [0.05, 0.1) is 0 Å². The molecule has 0 heterocycles. The summed E-state index contributed by atoms with van der Waals surface area (Å²) < 4.78 is 0. The first kappa shape index (κ1) is 15.4. The van der Waals surface area contributed by atoms with Crippen LogP contribution in [0.15, 0.2) is 11.6 Å². The van der Waals surface area contributed by atoms with E-state index in [1.54, 1.807) is 0 Å². The fourth-order valence-electron chi connectivity index (χ4n) is 1.90. The topological polar surface area (TPSA) is 17.1 Å². The molecule has 0 fully saturated rings. The van der Waals surface area contributed by atoms with Gasteiger partial charge in [0.25, 0.3) is 0 Å². The maximum Gasteiger partial charge on any atom is 0.119 e. The second-order valence-corrected chi connectivity index (χ2v) is 5.81. The zero-order valence-corrected chi connectivity index (χ0v) is 11.7. The molecule has 1 nitrogen and oxygen atoms in total. The summed E-state index contributed by atoms with van der Waals surface area (Å²) in [5.41, 5.74) is 1.77. The first-order valence-corrected chi connectivity index (χ1v) is 6.47. The molecule has 0 aromatic heterocycles. The quantitative estimate of drug-likeness (QED) is 0.330. The number of rotatable bonds is 8. The summed E-state index contributed by atoms with van der Waals surface area (Å²) in [6, 6.07) is 0. The monoisotopic (exact) mass is 224 g/mol. The lowest BCUT2D eigenvalue weighted by Crippen LogP contribution is -2.21. The van der Waals surface area contributed by atoms with Gasteiger partial charge in [-0.05, 0) is 50.9 Å². The Balaban J connectivity index is 3.97. The fourth-order valence-corrected chi connectivity index (χ4v) is 1.90. The molecule has 0 radical (unpaired) electrons. The molecule has 16 heavy (non-hydrogen) atoms. The molecule has 0 aliphatic carbocycles. The number of allylic oxidation sites excluding steroid dienone is 2. The highest BCUT2D eigenvalue weighted by Gasteiger charge is 2.24. The van der Waals surface area contributed by atoms with Crippen LogP contribution in [0.5, 0.6) is 0 Å². The van der Waals surface area contributed by atoms with Crippen LogP contribution in [0.1, 0.15) is 66.7 Å². The smallest absolute Gasteiger partial charge is 0.119 e. The molecule has 0 aliphatic heterocycles. The van der Waals surface area contributed by atoms with Crippen LogP contribution in [-0.4, -0.2) is 6.29 Å². The van der Waals surface area contributed by atoms with Gasteiger partial charge in [0.1, 0.15) is 6.29 Å². The van der Waals surface area contributed by atoms with E-state index in [9.17, 15) is 4.79 Å². The van der Waals surface area contributed by atoms with Crippen molar-refractivity contribution in [3.8, 4) is 0 Å². The SMILES string of the molecule is CC(C)=CCCC(C)C(C)(C)CCCC=O. The van der Waals surface area contributed by atoms with Crippen LogP contribution in [0, 0.1) is 11.3 Å². The van der Waals surface area contributed by atoms with Gasteiger partial charge in [-0.15, -0.1) is 0 Å². The molecule has 0 N–H and O–H groups in total. The zero-order valence-electron chi connectivity index (χ0n) is 11.7. The van der Waals surface area contributed by atoms with Crippen molar-refractivity contribution in [1.29, 1.82) is 0 Å². The van der Waals surface area contributed by atoms with E-state index < -0.39 is 0 Å². The van der Waals surface area contributed by atoms with E-state index in [-0.39, 0.29) is 0 Å². The summed E-state index contributed by atoms with van der Waals surface area (Å²) in [7, 11) is 0. The number of carbonyl (C=O) groups excluding carboxylic acids is 1. The average Bonchev–Trinajstić information content (AvgIpc) is 2.17. The van der Waals surface area contributed by atoms with Crippen molar-refractivity contribution in [2.75, 3.05) is 0 Å². The summed E-state index contributed by atoms with van der Waals surface area (Å²) in [6.45, 7) is 11.3. The average molecular weight is 224 g/mol. The molecule has 1 unspecified atom stereocenters. The Morgan fingerprint density at radius 3 is 2.38 bits per heavy atom. The Bertz CT molecular complexity index is 222. The van der Waals surface area contributed by atoms with Crippen LogP contribution in [0.2, 0.25) is 0 Å².